The van der Waals surface area contributed by atoms with Crippen LogP contribution in [0, 0.1) is 25.5 Å². The Balaban J connectivity index is 2.07. The van der Waals surface area contributed by atoms with Crippen LogP contribution >= 0.6 is 0 Å². The fourth-order valence-electron chi connectivity index (χ4n) is 1.46. The molecule has 7 heteroatoms. The largest absolute Gasteiger partial charge is 0.324 e. The van der Waals surface area contributed by atoms with E-state index in [1.165, 1.54) is 0 Å². The molecule has 19 heavy (non-hydrogen) atoms. The van der Waals surface area contributed by atoms with Crippen molar-refractivity contribution in [1.29, 1.82) is 0 Å². The lowest BCUT2D eigenvalue weighted by Crippen LogP contribution is -2.20. The van der Waals surface area contributed by atoms with Gasteiger partial charge < -0.3 is 5.32 Å². The van der Waals surface area contributed by atoms with Crippen molar-refractivity contribution in [3.63, 3.8) is 0 Å². The quantitative estimate of drug-likeness (QED) is 0.782. The summed E-state index contributed by atoms with van der Waals surface area (Å²) in [4.78, 5) is 11.6. The average molecular weight is 266 g/mol. The number of hydrogen-bond acceptors (Lipinski definition) is 2. The van der Waals surface area contributed by atoms with E-state index in [9.17, 15) is 13.6 Å². The first-order valence-corrected chi connectivity index (χ1v) is 5.52. The number of anilines is 2. The van der Waals surface area contributed by atoms with Crippen molar-refractivity contribution in [2.45, 2.75) is 13.8 Å². The first-order chi connectivity index (χ1) is 8.97. The molecule has 2 aromatic rings. The number of benzene rings is 1. The molecule has 2 rings (SSSR count). The summed E-state index contributed by atoms with van der Waals surface area (Å²) in [6.07, 6.45) is 0. The highest BCUT2D eigenvalue weighted by molar-refractivity contribution is 5.99. The molecule has 3 N–H and O–H groups in total. The van der Waals surface area contributed by atoms with Gasteiger partial charge in [0, 0.05) is 17.3 Å². The highest BCUT2D eigenvalue weighted by Crippen LogP contribution is 2.17. The van der Waals surface area contributed by atoms with Gasteiger partial charge in [-0.15, -0.1) is 0 Å². The Hall–Kier alpha value is -2.44. The Morgan fingerprint density at radius 1 is 1.26 bits per heavy atom. The van der Waals surface area contributed by atoms with Gasteiger partial charge in [0.15, 0.2) is 5.82 Å². The number of urea groups is 1. The lowest BCUT2D eigenvalue weighted by molar-refractivity contribution is 0.262. The number of nitrogens with one attached hydrogen (secondary N) is 3. The van der Waals surface area contributed by atoms with Gasteiger partial charge in [-0.3, -0.25) is 10.4 Å². The van der Waals surface area contributed by atoms with Gasteiger partial charge in [-0.05, 0) is 26.0 Å². The van der Waals surface area contributed by atoms with E-state index in [4.69, 9.17) is 0 Å². The number of carbonyl (C=O) groups is 1. The predicted octanol–water partition coefficient (Wildman–Crippen LogP) is 2.95. The van der Waals surface area contributed by atoms with Crippen LogP contribution in [0.1, 0.15) is 11.3 Å². The molecule has 0 radical (unpaired) electrons. The topological polar surface area (TPSA) is 69.8 Å². The van der Waals surface area contributed by atoms with Gasteiger partial charge in [0.2, 0.25) is 0 Å². The zero-order valence-corrected chi connectivity index (χ0v) is 10.3. The van der Waals surface area contributed by atoms with Gasteiger partial charge >= 0.3 is 6.03 Å². The van der Waals surface area contributed by atoms with Crippen LogP contribution < -0.4 is 10.6 Å². The van der Waals surface area contributed by atoms with Crippen LogP contribution in [0.4, 0.5) is 25.1 Å². The third kappa shape index (κ3) is 2.87. The van der Waals surface area contributed by atoms with E-state index >= 15 is 0 Å². The van der Waals surface area contributed by atoms with Crippen LogP contribution in [0.2, 0.25) is 0 Å². The summed E-state index contributed by atoms with van der Waals surface area (Å²) in [5.74, 6) is -1.19. The Bertz CT molecular complexity index is 624. The first-order valence-electron chi connectivity index (χ1n) is 5.52. The lowest BCUT2D eigenvalue weighted by atomic mass is 10.3. The van der Waals surface area contributed by atoms with Crippen LogP contribution in [0.5, 0.6) is 0 Å². The molecule has 0 bridgehead atoms. The fraction of sp³-hybridized carbons (Fsp3) is 0.167. The summed E-state index contributed by atoms with van der Waals surface area (Å²) >= 11 is 0. The highest BCUT2D eigenvalue weighted by Gasteiger charge is 2.11. The van der Waals surface area contributed by atoms with Gasteiger partial charge in [-0.25, -0.2) is 13.6 Å². The Labute approximate surface area is 108 Å². The van der Waals surface area contributed by atoms with E-state index in [0.29, 0.717) is 11.9 Å². The molecule has 0 fully saturated rings. The minimum absolute atomic E-state index is 0.108. The summed E-state index contributed by atoms with van der Waals surface area (Å²) in [6.45, 7) is 3.60. The van der Waals surface area contributed by atoms with Crippen molar-refractivity contribution in [2.75, 3.05) is 10.6 Å². The Morgan fingerprint density at radius 3 is 2.58 bits per heavy atom. The minimum atomic E-state index is -0.843. The second-order valence-electron chi connectivity index (χ2n) is 4.03. The SMILES string of the molecule is Cc1[nH]nc(NC(=O)Nc2ccc(F)cc2F)c1C. The van der Waals surface area contributed by atoms with Crippen LogP contribution in [0.15, 0.2) is 18.2 Å². The Kier molecular flexibility index (Phi) is 3.46. The van der Waals surface area contributed by atoms with Gasteiger partial charge in [0.1, 0.15) is 11.6 Å². The third-order valence-corrected chi connectivity index (χ3v) is 2.66. The molecular weight excluding hydrogens is 254 g/mol. The summed E-state index contributed by atoms with van der Waals surface area (Å²) < 4.78 is 26.0. The molecule has 0 atom stereocenters. The molecule has 0 aliphatic heterocycles. The van der Waals surface area contributed by atoms with Crippen LogP contribution in [-0.2, 0) is 0 Å². The van der Waals surface area contributed by atoms with E-state index in [2.05, 4.69) is 20.8 Å². The van der Waals surface area contributed by atoms with Crippen LogP contribution in [-0.4, -0.2) is 16.2 Å². The number of aryl methyl sites for hydroxylation is 1. The minimum Gasteiger partial charge on any atom is -0.305 e. The van der Waals surface area contributed by atoms with Crippen molar-refractivity contribution in [3.8, 4) is 0 Å². The molecule has 0 saturated heterocycles. The fourth-order valence-corrected chi connectivity index (χ4v) is 1.46. The maximum atomic E-state index is 13.3. The van der Waals surface area contributed by atoms with Crippen molar-refractivity contribution in [2.24, 2.45) is 0 Å². The van der Waals surface area contributed by atoms with E-state index in [1.54, 1.807) is 6.92 Å². The molecule has 0 unspecified atom stereocenters. The number of hydrogen-bond donors (Lipinski definition) is 3. The normalized spacial score (nSPS) is 10.3. The first kappa shape index (κ1) is 13.0. The molecule has 1 aromatic heterocycles. The second-order valence-corrected chi connectivity index (χ2v) is 4.03. The van der Waals surface area contributed by atoms with E-state index in [-0.39, 0.29) is 5.69 Å². The molecule has 0 spiro atoms. The molecule has 0 aliphatic rings. The lowest BCUT2D eigenvalue weighted by Gasteiger charge is -2.07. The van der Waals surface area contributed by atoms with E-state index in [0.717, 1.165) is 23.4 Å². The number of halogens is 2. The zero-order chi connectivity index (χ0) is 14.0. The van der Waals surface area contributed by atoms with Gasteiger partial charge in [0.25, 0.3) is 0 Å². The summed E-state index contributed by atoms with van der Waals surface area (Å²) in [5, 5.41) is 11.3. The molecule has 5 nitrogen and oxygen atoms in total. The van der Waals surface area contributed by atoms with Crippen molar-refractivity contribution >= 4 is 17.5 Å². The van der Waals surface area contributed by atoms with Crippen molar-refractivity contribution in [1.82, 2.24) is 10.2 Å². The molecule has 100 valence electrons. The number of rotatable bonds is 2. The molecular formula is C12H12F2N4O. The van der Waals surface area contributed by atoms with E-state index < -0.39 is 17.7 Å². The van der Waals surface area contributed by atoms with Crippen molar-refractivity contribution in [3.05, 3.63) is 41.1 Å². The maximum absolute atomic E-state index is 13.3. The van der Waals surface area contributed by atoms with Gasteiger partial charge in [0.05, 0.1) is 5.69 Å². The van der Waals surface area contributed by atoms with Crippen molar-refractivity contribution < 1.29 is 13.6 Å². The predicted molar refractivity (Wildman–Crippen MR) is 67.1 cm³/mol. The third-order valence-electron chi connectivity index (χ3n) is 2.66. The number of H-pyrrole nitrogens is 1. The van der Waals surface area contributed by atoms with Crippen LogP contribution in [0.3, 0.4) is 0 Å². The standard InChI is InChI=1S/C12H12F2N4O/c1-6-7(2)17-18-11(6)16-12(19)15-10-4-3-8(13)5-9(10)14/h3-5H,1-2H3,(H3,15,16,17,18,19). The smallest absolute Gasteiger partial charge is 0.305 e. The molecule has 0 saturated carbocycles. The molecule has 0 aliphatic carbocycles. The number of aromatic amines is 1. The number of carbonyl (C=O) groups excluding carboxylic acids is 1. The Morgan fingerprint density at radius 2 is 2.00 bits per heavy atom. The van der Waals surface area contributed by atoms with Gasteiger partial charge in [-0.2, -0.15) is 5.10 Å². The molecule has 1 heterocycles. The second kappa shape index (κ2) is 5.05. The number of aromatic nitrogens is 2. The summed E-state index contributed by atoms with van der Waals surface area (Å²) in [7, 11) is 0. The molecule has 2 amide bonds. The van der Waals surface area contributed by atoms with E-state index in [1.807, 2.05) is 6.92 Å². The highest BCUT2D eigenvalue weighted by atomic mass is 19.1. The zero-order valence-electron chi connectivity index (χ0n) is 10.3. The number of nitrogens with zero attached hydrogens (tertiary/aromatic N) is 1. The molecule has 1 aromatic carbocycles. The summed E-state index contributed by atoms with van der Waals surface area (Å²) in [6, 6.07) is 2.25. The van der Waals surface area contributed by atoms with Crippen LogP contribution in [0.25, 0.3) is 0 Å². The maximum Gasteiger partial charge on any atom is 0.324 e. The monoisotopic (exact) mass is 266 g/mol. The van der Waals surface area contributed by atoms with Gasteiger partial charge in [-0.1, -0.05) is 0 Å². The summed E-state index contributed by atoms with van der Waals surface area (Å²) in [5.41, 5.74) is 1.50. The number of amides is 2. The average Bonchev–Trinajstić information content (AvgIpc) is 2.65.